The first-order valence-corrected chi connectivity index (χ1v) is 6.33. The minimum absolute atomic E-state index is 0.994. The molecule has 0 radical (unpaired) electrons. The molecule has 1 aliphatic rings. The zero-order valence-electron chi connectivity index (χ0n) is 10.3. The van der Waals surface area contributed by atoms with Crippen molar-refractivity contribution in [2.45, 2.75) is 33.1 Å². The first kappa shape index (κ1) is 12.5. The molecule has 0 saturated heterocycles. The van der Waals surface area contributed by atoms with Gasteiger partial charge in [0, 0.05) is 13.1 Å². The van der Waals surface area contributed by atoms with E-state index in [9.17, 15) is 0 Å². The van der Waals surface area contributed by atoms with Crippen LogP contribution >= 0.6 is 0 Å². The van der Waals surface area contributed by atoms with E-state index in [1.54, 1.807) is 0 Å². The summed E-state index contributed by atoms with van der Waals surface area (Å²) in [4.78, 5) is 9.13. The number of hydrogen-bond acceptors (Lipinski definition) is 3. The molecular weight excluding hydrogens is 186 g/mol. The Morgan fingerprint density at radius 1 is 1.20 bits per heavy atom. The van der Waals surface area contributed by atoms with Crippen molar-refractivity contribution < 1.29 is 0 Å². The fourth-order valence-corrected chi connectivity index (χ4v) is 2.05. The second-order valence-electron chi connectivity index (χ2n) is 4.25. The molecule has 0 bridgehead atoms. The van der Waals surface area contributed by atoms with Crippen LogP contribution in [-0.4, -0.2) is 55.4 Å². The smallest absolute Gasteiger partial charge is 0.0851 e. The summed E-state index contributed by atoms with van der Waals surface area (Å²) >= 11 is 0. The Morgan fingerprint density at radius 2 is 1.93 bits per heavy atom. The fourth-order valence-electron chi connectivity index (χ4n) is 2.05. The molecule has 0 aromatic heterocycles. The highest BCUT2D eigenvalue weighted by atomic mass is 15.2. The second kappa shape index (κ2) is 7.69. The van der Waals surface area contributed by atoms with Gasteiger partial charge in [0.15, 0.2) is 0 Å². The average molecular weight is 211 g/mol. The lowest BCUT2D eigenvalue weighted by atomic mass is 10.3. The third-order valence-corrected chi connectivity index (χ3v) is 2.76. The third-order valence-electron chi connectivity index (χ3n) is 2.76. The molecule has 88 valence electrons. The number of hydrogen-bond donors (Lipinski definition) is 0. The van der Waals surface area contributed by atoms with Crippen LogP contribution in [0.25, 0.3) is 0 Å². The molecule has 3 heteroatoms. The minimum Gasteiger partial charge on any atom is -0.361 e. The predicted octanol–water partition coefficient (Wildman–Crippen LogP) is 1.84. The van der Waals surface area contributed by atoms with Crippen LogP contribution in [0.1, 0.15) is 33.1 Å². The molecule has 0 aromatic rings. The summed E-state index contributed by atoms with van der Waals surface area (Å²) in [6.07, 6.45) is 5.81. The minimum atomic E-state index is 0.994. The Hall–Kier alpha value is -0.570. The normalized spacial score (nSPS) is 15.5. The van der Waals surface area contributed by atoms with Gasteiger partial charge in [-0.15, -0.1) is 0 Å². The van der Waals surface area contributed by atoms with Crippen molar-refractivity contribution in [2.24, 2.45) is 4.99 Å². The maximum atomic E-state index is 4.22. The van der Waals surface area contributed by atoms with Gasteiger partial charge >= 0.3 is 0 Å². The fraction of sp³-hybridized carbons (Fsp3) is 0.917. The Morgan fingerprint density at radius 3 is 2.47 bits per heavy atom. The number of nitrogens with zero attached hydrogens (tertiary/aromatic N) is 3. The van der Waals surface area contributed by atoms with Gasteiger partial charge in [0.25, 0.3) is 0 Å². The number of rotatable bonds is 8. The standard InChI is InChI=1S/C12H25N3/c1-3-7-14(8-4-2)9-5-10-15-11-6-13-12-15/h12H,3-11H2,1-2H3. The van der Waals surface area contributed by atoms with E-state index in [0.29, 0.717) is 0 Å². The zero-order valence-corrected chi connectivity index (χ0v) is 10.3. The van der Waals surface area contributed by atoms with E-state index in [1.165, 1.54) is 45.4 Å². The van der Waals surface area contributed by atoms with Crippen molar-refractivity contribution in [1.29, 1.82) is 0 Å². The lowest BCUT2D eigenvalue weighted by Crippen LogP contribution is -2.30. The van der Waals surface area contributed by atoms with E-state index in [2.05, 4.69) is 28.6 Å². The van der Waals surface area contributed by atoms with Crippen molar-refractivity contribution in [3.8, 4) is 0 Å². The van der Waals surface area contributed by atoms with Crippen LogP contribution in [-0.2, 0) is 0 Å². The molecule has 1 heterocycles. The zero-order chi connectivity index (χ0) is 10.9. The Labute approximate surface area is 94.2 Å². The molecule has 0 N–H and O–H groups in total. The SMILES string of the molecule is CCCN(CCC)CCCN1C=NCC1. The van der Waals surface area contributed by atoms with Gasteiger partial charge < -0.3 is 9.80 Å². The predicted molar refractivity (Wildman–Crippen MR) is 66.6 cm³/mol. The quantitative estimate of drug-likeness (QED) is 0.610. The van der Waals surface area contributed by atoms with Crippen molar-refractivity contribution in [3.63, 3.8) is 0 Å². The summed E-state index contributed by atoms with van der Waals surface area (Å²) in [6, 6.07) is 0. The summed E-state index contributed by atoms with van der Waals surface area (Å²) in [5.41, 5.74) is 0. The molecule has 0 fully saturated rings. The lowest BCUT2D eigenvalue weighted by molar-refractivity contribution is 0.261. The highest BCUT2D eigenvalue weighted by Gasteiger charge is 2.06. The lowest BCUT2D eigenvalue weighted by Gasteiger charge is -2.22. The number of aliphatic imine (C=N–C) groups is 1. The Balaban J connectivity index is 2.06. The molecule has 0 spiro atoms. The monoisotopic (exact) mass is 211 g/mol. The van der Waals surface area contributed by atoms with E-state index in [0.717, 1.165) is 13.1 Å². The molecule has 0 saturated carbocycles. The summed E-state index contributed by atoms with van der Waals surface area (Å²) in [6.45, 7) is 11.6. The maximum Gasteiger partial charge on any atom is 0.0851 e. The van der Waals surface area contributed by atoms with Gasteiger partial charge in [-0.2, -0.15) is 0 Å². The van der Waals surface area contributed by atoms with Crippen molar-refractivity contribution in [1.82, 2.24) is 9.80 Å². The van der Waals surface area contributed by atoms with Crippen LogP contribution in [0.4, 0.5) is 0 Å². The van der Waals surface area contributed by atoms with Crippen LogP contribution in [0.5, 0.6) is 0 Å². The van der Waals surface area contributed by atoms with E-state index in [4.69, 9.17) is 0 Å². The van der Waals surface area contributed by atoms with Crippen LogP contribution in [0.3, 0.4) is 0 Å². The molecule has 0 aliphatic carbocycles. The van der Waals surface area contributed by atoms with Gasteiger partial charge in [0.05, 0.1) is 12.9 Å². The summed E-state index contributed by atoms with van der Waals surface area (Å²) < 4.78 is 0. The molecule has 1 aliphatic heterocycles. The van der Waals surface area contributed by atoms with Crippen molar-refractivity contribution >= 4 is 6.34 Å². The molecule has 0 aromatic carbocycles. The van der Waals surface area contributed by atoms with Gasteiger partial charge in [-0.1, -0.05) is 13.8 Å². The van der Waals surface area contributed by atoms with Crippen LogP contribution < -0.4 is 0 Å². The molecule has 0 amide bonds. The van der Waals surface area contributed by atoms with E-state index >= 15 is 0 Å². The topological polar surface area (TPSA) is 18.8 Å². The van der Waals surface area contributed by atoms with Gasteiger partial charge in [-0.05, 0) is 38.9 Å². The average Bonchev–Trinajstić information content (AvgIpc) is 2.71. The highest BCUT2D eigenvalue weighted by Crippen LogP contribution is 1.99. The van der Waals surface area contributed by atoms with Gasteiger partial charge in [-0.25, -0.2) is 0 Å². The van der Waals surface area contributed by atoms with E-state index in [-0.39, 0.29) is 0 Å². The van der Waals surface area contributed by atoms with Crippen LogP contribution in [0.2, 0.25) is 0 Å². The first-order valence-electron chi connectivity index (χ1n) is 6.33. The Bertz CT molecular complexity index is 174. The molecule has 0 atom stereocenters. The molecule has 15 heavy (non-hydrogen) atoms. The van der Waals surface area contributed by atoms with E-state index in [1.807, 2.05) is 6.34 Å². The van der Waals surface area contributed by atoms with Crippen LogP contribution in [0, 0.1) is 0 Å². The van der Waals surface area contributed by atoms with Gasteiger partial charge in [0.1, 0.15) is 0 Å². The van der Waals surface area contributed by atoms with Gasteiger partial charge in [0.2, 0.25) is 0 Å². The molecule has 3 nitrogen and oxygen atoms in total. The summed E-state index contributed by atoms with van der Waals surface area (Å²) in [5, 5.41) is 0. The molecule has 1 rings (SSSR count). The first-order chi connectivity index (χ1) is 7.36. The van der Waals surface area contributed by atoms with Crippen molar-refractivity contribution in [3.05, 3.63) is 0 Å². The Kier molecular flexibility index (Phi) is 6.41. The van der Waals surface area contributed by atoms with Crippen LogP contribution in [0.15, 0.2) is 4.99 Å². The third kappa shape index (κ3) is 5.17. The van der Waals surface area contributed by atoms with E-state index < -0.39 is 0 Å². The summed E-state index contributed by atoms with van der Waals surface area (Å²) in [5.74, 6) is 0. The largest absolute Gasteiger partial charge is 0.361 e. The highest BCUT2D eigenvalue weighted by molar-refractivity contribution is 5.56. The maximum absolute atomic E-state index is 4.22. The molecular formula is C12H25N3. The summed E-state index contributed by atoms with van der Waals surface area (Å²) in [7, 11) is 0. The van der Waals surface area contributed by atoms with Crippen molar-refractivity contribution in [2.75, 3.05) is 39.3 Å². The molecule has 0 unspecified atom stereocenters. The van der Waals surface area contributed by atoms with Gasteiger partial charge in [-0.3, -0.25) is 4.99 Å². The second-order valence-corrected chi connectivity index (χ2v) is 4.25.